The summed E-state index contributed by atoms with van der Waals surface area (Å²) in [6.45, 7) is 6.08. The number of amides is 1. The molecule has 0 radical (unpaired) electrons. The highest BCUT2D eigenvalue weighted by atomic mass is 32.2. The number of hydrogen-bond acceptors (Lipinski definition) is 5. The molecule has 3 rings (SSSR count). The van der Waals surface area contributed by atoms with E-state index in [4.69, 9.17) is 0 Å². The number of thiophene rings is 1. The first-order valence-electron chi connectivity index (χ1n) is 9.02. The van der Waals surface area contributed by atoms with Crippen molar-refractivity contribution in [2.75, 3.05) is 16.8 Å². The lowest BCUT2D eigenvalue weighted by atomic mass is 10.1. The molecule has 6 nitrogen and oxygen atoms in total. The van der Waals surface area contributed by atoms with Gasteiger partial charge in [-0.15, -0.1) is 11.3 Å². The van der Waals surface area contributed by atoms with Gasteiger partial charge < -0.3 is 5.32 Å². The van der Waals surface area contributed by atoms with Gasteiger partial charge in [0.1, 0.15) is 5.82 Å². The minimum Gasteiger partial charge on any atom is -0.306 e. The molecular formula is C18H25N3O3S2. The standard InChI is InChI=1S/C18H25N3O3S2/c1-4-6-15-13(5-2)10-16(25-15)18(22)19-17-9-12(3)20-21(17)14-7-8-26(23,24)11-14/h9-10,14H,4-8,11H2,1-3H3,(H,19,22). The van der Waals surface area contributed by atoms with E-state index in [1.165, 1.54) is 10.4 Å². The minimum absolute atomic E-state index is 0.0800. The molecule has 3 heterocycles. The van der Waals surface area contributed by atoms with Crippen LogP contribution in [0.25, 0.3) is 0 Å². The Morgan fingerprint density at radius 2 is 2.15 bits per heavy atom. The maximum Gasteiger partial charge on any atom is 0.266 e. The molecule has 0 saturated carbocycles. The summed E-state index contributed by atoms with van der Waals surface area (Å²) in [5, 5.41) is 7.35. The Kier molecular flexibility index (Phi) is 5.53. The molecule has 1 amide bonds. The molecule has 1 saturated heterocycles. The van der Waals surface area contributed by atoms with Crippen molar-refractivity contribution in [3.8, 4) is 0 Å². The predicted octanol–water partition coefficient (Wildman–Crippen LogP) is 3.38. The number of aryl methyl sites for hydroxylation is 3. The first-order valence-corrected chi connectivity index (χ1v) is 11.7. The molecule has 26 heavy (non-hydrogen) atoms. The largest absolute Gasteiger partial charge is 0.306 e. The van der Waals surface area contributed by atoms with Crippen molar-refractivity contribution in [3.05, 3.63) is 33.1 Å². The molecule has 0 aliphatic carbocycles. The van der Waals surface area contributed by atoms with Crippen molar-refractivity contribution in [2.45, 2.75) is 52.5 Å². The smallest absolute Gasteiger partial charge is 0.266 e. The van der Waals surface area contributed by atoms with Crippen LogP contribution < -0.4 is 5.32 Å². The zero-order valence-corrected chi connectivity index (χ0v) is 17.0. The molecule has 1 aliphatic rings. The van der Waals surface area contributed by atoms with Crippen LogP contribution in [0.1, 0.15) is 58.5 Å². The number of nitrogens with zero attached hydrogens (tertiary/aromatic N) is 2. The van der Waals surface area contributed by atoms with Crippen molar-refractivity contribution in [3.63, 3.8) is 0 Å². The van der Waals surface area contributed by atoms with Gasteiger partial charge in [0, 0.05) is 10.9 Å². The number of hydrogen-bond donors (Lipinski definition) is 1. The molecule has 2 aromatic rings. The summed E-state index contributed by atoms with van der Waals surface area (Å²) in [5.41, 5.74) is 1.99. The van der Waals surface area contributed by atoms with E-state index in [2.05, 4.69) is 24.3 Å². The quantitative estimate of drug-likeness (QED) is 0.813. The second kappa shape index (κ2) is 7.52. The zero-order chi connectivity index (χ0) is 18.9. The third-order valence-corrected chi connectivity index (χ3v) is 7.62. The van der Waals surface area contributed by atoms with Crippen molar-refractivity contribution < 1.29 is 13.2 Å². The molecule has 0 spiro atoms. The number of carbonyl (C=O) groups is 1. The highest BCUT2D eigenvalue weighted by Gasteiger charge is 2.31. The van der Waals surface area contributed by atoms with Crippen LogP contribution in [0.2, 0.25) is 0 Å². The van der Waals surface area contributed by atoms with Crippen molar-refractivity contribution in [1.29, 1.82) is 0 Å². The third kappa shape index (κ3) is 4.01. The molecule has 1 unspecified atom stereocenters. The van der Waals surface area contributed by atoms with Crippen molar-refractivity contribution in [1.82, 2.24) is 9.78 Å². The van der Waals surface area contributed by atoms with E-state index in [0.717, 1.165) is 25.0 Å². The van der Waals surface area contributed by atoms with Crippen LogP contribution in [0.3, 0.4) is 0 Å². The summed E-state index contributed by atoms with van der Waals surface area (Å²) < 4.78 is 25.2. The molecule has 2 aromatic heterocycles. The predicted molar refractivity (Wildman–Crippen MR) is 105 cm³/mol. The van der Waals surface area contributed by atoms with Gasteiger partial charge in [-0.2, -0.15) is 5.10 Å². The first-order chi connectivity index (χ1) is 12.3. The van der Waals surface area contributed by atoms with Crippen LogP contribution in [0, 0.1) is 6.92 Å². The highest BCUT2D eigenvalue weighted by Crippen LogP contribution is 2.29. The summed E-state index contributed by atoms with van der Waals surface area (Å²) in [4.78, 5) is 14.7. The first kappa shape index (κ1) is 19.1. The number of aromatic nitrogens is 2. The highest BCUT2D eigenvalue weighted by molar-refractivity contribution is 7.91. The summed E-state index contributed by atoms with van der Waals surface area (Å²) in [5.74, 6) is 0.665. The van der Waals surface area contributed by atoms with Crippen LogP contribution in [-0.4, -0.2) is 35.6 Å². The van der Waals surface area contributed by atoms with Crippen LogP contribution in [0.5, 0.6) is 0 Å². The summed E-state index contributed by atoms with van der Waals surface area (Å²) in [6.07, 6.45) is 3.48. The van der Waals surface area contributed by atoms with Crippen LogP contribution in [0.4, 0.5) is 5.82 Å². The van der Waals surface area contributed by atoms with E-state index in [0.29, 0.717) is 17.1 Å². The lowest BCUT2D eigenvalue weighted by Gasteiger charge is -2.13. The molecule has 1 atom stereocenters. The molecule has 8 heteroatoms. The van der Waals surface area contributed by atoms with Gasteiger partial charge in [0.2, 0.25) is 0 Å². The Hall–Kier alpha value is -1.67. The normalized spacial score (nSPS) is 19.0. The van der Waals surface area contributed by atoms with E-state index in [9.17, 15) is 13.2 Å². The molecule has 1 fully saturated rings. The van der Waals surface area contributed by atoms with Gasteiger partial charge in [-0.3, -0.25) is 4.79 Å². The van der Waals surface area contributed by atoms with Crippen LogP contribution >= 0.6 is 11.3 Å². The molecule has 1 N–H and O–H groups in total. The Morgan fingerprint density at radius 1 is 1.38 bits per heavy atom. The minimum atomic E-state index is -3.02. The van der Waals surface area contributed by atoms with Gasteiger partial charge in [0.15, 0.2) is 9.84 Å². The van der Waals surface area contributed by atoms with Gasteiger partial charge in [0.25, 0.3) is 5.91 Å². The molecule has 0 aromatic carbocycles. The monoisotopic (exact) mass is 395 g/mol. The average Bonchev–Trinajstić information content (AvgIpc) is 3.24. The molecule has 1 aliphatic heterocycles. The maximum atomic E-state index is 12.7. The lowest BCUT2D eigenvalue weighted by molar-refractivity contribution is 0.102. The average molecular weight is 396 g/mol. The topological polar surface area (TPSA) is 81.1 Å². The van der Waals surface area contributed by atoms with Crippen molar-refractivity contribution >= 4 is 32.9 Å². The zero-order valence-electron chi connectivity index (χ0n) is 15.4. The van der Waals surface area contributed by atoms with E-state index in [-0.39, 0.29) is 23.5 Å². The fourth-order valence-electron chi connectivity index (χ4n) is 3.35. The van der Waals surface area contributed by atoms with E-state index < -0.39 is 9.84 Å². The van der Waals surface area contributed by atoms with E-state index >= 15 is 0 Å². The van der Waals surface area contributed by atoms with Gasteiger partial charge in [-0.25, -0.2) is 13.1 Å². The molecular weight excluding hydrogens is 370 g/mol. The Morgan fingerprint density at radius 3 is 2.77 bits per heavy atom. The SMILES string of the molecule is CCCc1sc(C(=O)Nc2cc(C)nn2C2CCS(=O)(=O)C2)cc1CC. The fourth-order valence-corrected chi connectivity index (χ4v) is 6.29. The fraction of sp³-hybridized carbons (Fsp3) is 0.556. The van der Waals surface area contributed by atoms with Gasteiger partial charge in [-0.05, 0) is 37.8 Å². The Balaban J connectivity index is 1.82. The van der Waals surface area contributed by atoms with Crippen LogP contribution in [-0.2, 0) is 22.7 Å². The Labute approximate surface area is 158 Å². The second-order valence-electron chi connectivity index (χ2n) is 6.79. The summed E-state index contributed by atoms with van der Waals surface area (Å²) >= 11 is 1.54. The van der Waals surface area contributed by atoms with Gasteiger partial charge in [0.05, 0.1) is 28.1 Å². The van der Waals surface area contributed by atoms with E-state index in [1.807, 2.05) is 13.0 Å². The van der Waals surface area contributed by atoms with Crippen molar-refractivity contribution in [2.24, 2.45) is 0 Å². The maximum absolute atomic E-state index is 12.7. The summed E-state index contributed by atoms with van der Waals surface area (Å²) in [6, 6.07) is 3.55. The van der Waals surface area contributed by atoms with Gasteiger partial charge >= 0.3 is 0 Å². The number of nitrogens with one attached hydrogen (secondary N) is 1. The van der Waals surface area contributed by atoms with Gasteiger partial charge in [-0.1, -0.05) is 20.3 Å². The number of sulfone groups is 1. The number of anilines is 1. The number of carbonyl (C=O) groups excluding carboxylic acids is 1. The third-order valence-electron chi connectivity index (χ3n) is 4.63. The second-order valence-corrected chi connectivity index (χ2v) is 10.2. The molecule has 142 valence electrons. The van der Waals surface area contributed by atoms with Crippen LogP contribution in [0.15, 0.2) is 12.1 Å². The Bertz CT molecular complexity index is 912. The summed E-state index contributed by atoms with van der Waals surface area (Å²) in [7, 11) is -3.02. The van der Waals surface area contributed by atoms with E-state index in [1.54, 1.807) is 22.1 Å². The molecule has 0 bridgehead atoms. The number of rotatable bonds is 6. The lowest BCUT2D eigenvalue weighted by Crippen LogP contribution is -2.19.